The predicted octanol–water partition coefficient (Wildman–Crippen LogP) is 7.27. The van der Waals surface area contributed by atoms with Crippen LogP contribution in [0.5, 0.6) is 0 Å². The Kier molecular flexibility index (Phi) is 2.77. The van der Waals surface area contributed by atoms with Gasteiger partial charge in [0.05, 0.1) is 0 Å². The van der Waals surface area contributed by atoms with E-state index < -0.39 is 12.9 Å². The van der Waals surface area contributed by atoms with E-state index in [0.29, 0.717) is 0 Å². The van der Waals surface area contributed by atoms with Gasteiger partial charge >= 0.3 is 146 Å². The summed E-state index contributed by atoms with van der Waals surface area (Å²) in [5, 5.41) is 0. The van der Waals surface area contributed by atoms with Crippen LogP contribution in [0.1, 0.15) is 14.8 Å². The Morgan fingerprint density at radius 2 is 1.21 bits per heavy atom. The van der Waals surface area contributed by atoms with Gasteiger partial charge in [-0.25, -0.2) is 0 Å². The van der Waals surface area contributed by atoms with Gasteiger partial charge in [-0.15, -0.1) is 0 Å². The van der Waals surface area contributed by atoms with Crippen LogP contribution in [0.2, 0.25) is 12.9 Å². The van der Waals surface area contributed by atoms with Crippen LogP contribution in [0.4, 0.5) is 0 Å². The number of allylic oxidation sites excluding steroid dienone is 4. The zero-order valence-corrected chi connectivity index (χ0v) is 18.0. The summed E-state index contributed by atoms with van der Waals surface area (Å²) in [7, 11) is 15.4. The predicted molar refractivity (Wildman–Crippen MR) is 106 cm³/mol. The summed E-state index contributed by atoms with van der Waals surface area (Å²) < 4.78 is 8.77. The first-order chi connectivity index (χ1) is 10.9. The number of benzene rings is 2. The Bertz CT molecular complexity index is 988. The molecule has 2 aliphatic carbocycles. The van der Waals surface area contributed by atoms with Crippen LogP contribution < -0.4 is 0 Å². The minimum atomic E-state index is -5.54. The van der Waals surface area contributed by atoms with Crippen molar-refractivity contribution in [1.29, 1.82) is 0 Å². The van der Waals surface area contributed by atoms with E-state index in [1.807, 2.05) is 12.2 Å². The van der Waals surface area contributed by atoms with Gasteiger partial charge in [-0.1, -0.05) is 0 Å². The van der Waals surface area contributed by atoms with Gasteiger partial charge in [-0.05, 0) is 0 Å². The van der Waals surface area contributed by atoms with Crippen LogP contribution in [0.15, 0.2) is 72.8 Å². The van der Waals surface area contributed by atoms with Crippen molar-refractivity contribution in [3.63, 3.8) is 0 Å². The van der Waals surface area contributed by atoms with Gasteiger partial charge in [0, 0.05) is 0 Å². The Morgan fingerprint density at radius 3 is 1.67 bits per heavy atom. The molecular weight excluding hydrogens is 414 g/mol. The fourth-order valence-corrected chi connectivity index (χ4v) is 22.0. The molecule has 24 heavy (non-hydrogen) atoms. The maximum atomic E-state index is 7.71. The van der Waals surface area contributed by atoms with Crippen LogP contribution >= 0.6 is 17.0 Å². The minimum absolute atomic E-state index is 0.0470. The second kappa shape index (κ2) is 3.98. The molecule has 0 fully saturated rings. The molecule has 0 bridgehead atoms. The van der Waals surface area contributed by atoms with E-state index in [-0.39, 0.29) is 7.25 Å². The summed E-state index contributed by atoms with van der Waals surface area (Å²) >= 11 is -5.54. The Morgan fingerprint density at radius 1 is 0.792 bits per heavy atom. The summed E-state index contributed by atoms with van der Waals surface area (Å²) in [5.41, 5.74) is 4.87. The molecule has 0 saturated carbocycles. The molecule has 0 radical (unpaired) electrons. The Labute approximate surface area is 145 Å². The summed E-state index contributed by atoms with van der Waals surface area (Å²) in [6, 6.07) is 16.9. The fourth-order valence-electron chi connectivity index (χ4n) is 4.81. The van der Waals surface area contributed by atoms with E-state index in [0.717, 1.165) is 0 Å². The van der Waals surface area contributed by atoms with E-state index >= 15 is 0 Å². The quantitative estimate of drug-likeness (QED) is 0.464. The third-order valence-electron chi connectivity index (χ3n) is 6.09. The summed E-state index contributed by atoms with van der Waals surface area (Å²) in [6.07, 6.45) is 8.32. The van der Waals surface area contributed by atoms with Crippen molar-refractivity contribution in [3.8, 4) is 11.1 Å². The molecule has 0 aliphatic heterocycles. The van der Waals surface area contributed by atoms with Crippen molar-refractivity contribution < 1.29 is 12.9 Å². The number of rotatable bonds is 2. The Hall–Kier alpha value is -0.747. The number of fused-ring (bicyclic) bond motifs is 3. The molecule has 3 heteroatoms. The molecular formula is C21H22Cl2Zr. The van der Waals surface area contributed by atoms with Gasteiger partial charge in [-0.2, -0.15) is 0 Å². The summed E-state index contributed by atoms with van der Waals surface area (Å²) in [5.74, 6) is 0. The van der Waals surface area contributed by atoms with Crippen molar-refractivity contribution in [1.82, 2.24) is 0 Å². The third-order valence-corrected chi connectivity index (χ3v) is 26.5. The van der Waals surface area contributed by atoms with Crippen molar-refractivity contribution in [2.45, 2.75) is 16.5 Å². The molecule has 2 aromatic carbocycles. The summed E-state index contributed by atoms with van der Waals surface area (Å²) in [4.78, 5) is 0. The number of halogens is 2. The van der Waals surface area contributed by atoms with E-state index in [2.05, 4.69) is 69.9 Å². The van der Waals surface area contributed by atoms with Gasteiger partial charge in [-0.3, -0.25) is 0 Å². The van der Waals surface area contributed by atoms with Gasteiger partial charge in [0.2, 0.25) is 0 Å². The molecule has 0 atom stereocenters. The van der Waals surface area contributed by atoms with E-state index in [4.69, 9.17) is 21.2 Å². The monoisotopic (exact) mass is 434 g/mol. The van der Waals surface area contributed by atoms with Crippen LogP contribution in [-0.4, -0.2) is 4.21 Å². The molecule has 0 amide bonds. The average Bonchev–Trinajstić information content (AvgIpc) is 3.13. The normalized spacial score (nSPS) is 21.6. The fraction of sp³-hybridized carbons (Fsp3) is 0.190. The van der Waals surface area contributed by atoms with Gasteiger partial charge in [0.15, 0.2) is 0 Å². The van der Waals surface area contributed by atoms with E-state index in [9.17, 15) is 0 Å². The summed E-state index contributed by atoms with van der Waals surface area (Å²) in [6.45, 7) is 0. The molecule has 124 valence electrons. The first-order valence-corrected chi connectivity index (χ1v) is 24.3. The molecule has 0 aromatic heterocycles. The zero-order valence-electron chi connectivity index (χ0n) is 14.0. The molecule has 0 saturated heterocycles. The van der Waals surface area contributed by atoms with Crippen molar-refractivity contribution in [2.24, 2.45) is 0 Å². The average molecular weight is 437 g/mol. The SMILES string of the molecule is [CH2]=[Zr]([CH3])([CH3])([Cl])([Cl])([CH]1C=CC=C1)[CH]1c2ccccc2-c2ccccc21. The van der Waals surface area contributed by atoms with Crippen LogP contribution in [0.3, 0.4) is 0 Å². The number of hydrogen-bond acceptors (Lipinski definition) is 0. The maximum absolute atomic E-state index is 7.71. The molecule has 0 unspecified atom stereocenters. The van der Waals surface area contributed by atoms with Crippen molar-refractivity contribution in [2.75, 3.05) is 0 Å². The molecule has 0 nitrogen and oxygen atoms in total. The molecule has 0 heterocycles. The number of hydrogen-bond donors (Lipinski definition) is 0. The third kappa shape index (κ3) is 2.11. The van der Waals surface area contributed by atoms with E-state index in [1.165, 1.54) is 22.3 Å². The molecule has 4 rings (SSSR count). The van der Waals surface area contributed by atoms with E-state index in [1.54, 1.807) is 0 Å². The van der Waals surface area contributed by atoms with Crippen LogP contribution in [0, 0.1) is 0 Å². The molecule has 2 aliphatic rings. The van der Waals surface area contributed by atoms with Crippen molar-refractivity contribution >= 4 is 21.2 Å². The van der Waals surface area contributed by atoms with Crippen LogP contribution in [-0.2, 0) is 12.9 Å². The topological polar surface area (TPSA) is 0 Å². The van der Waals surface area contributed by atoms with Crippen LogP contribution in [0.25, 0.3) is 11.1 Å². The standard InChI is InChI=1S/C13H9.C5H5.2CH3.CH2.2ClH.Zr/c1-3-7-12-10(5-1)9-11-6-2-4-8-13(11)12;1-2-4-5-3-1;;;;;;/h1-9H;1-5H;2*1H3;1H2;2*1H;/q;;;;;;;+2/p-2. The van der Waals surface area contributed by atoms with Gasteiger partial charge < -0.3 is 0 Å². The zero-order chi connectivity index (χ0) is 17.3. The second-order valence-corrected chi connectivity index (χ2v) is 55.0. The Balaban J connectivity index is 2.16. The first-order valence-electron chi connectivity index (χ1n) is 8.46. The molecule has 0 N–H and O–H groups in total. The molecule has 0 spiro atoms. The van der Waals surface area contributed by atoms with Crippen molar-refractivity contribution in [3.05, 3.63) is 84.0 Å². The first kappa shape index (κ1) is 16.7. The van der Waals surface area contributed by atoms with Gasteiger partial charge in [0.1, 0.15) is 0 Å². The molecule has 2 aromatic rings. The van der Waals surface area contributed by atoms with Gasteiger partial charge in [0.25, 0.3) is 0 Å². The second-order valence-electron chi connectivity index (χ2n) is 9.37.